The van der Waals surface area contributed by atoms with Crippen LogP contribution in [0.2, 0.25) is 0 Å². The predicted octanol–water partition coefficient (Wildman–Crippen LogP) is 6.07. The van der Waals surface area contributed by atoms with Crippen LogP contribution in [0.4, 0.5) is 26.3 Å². The van der Waals surface area contributed by atoms with E-state index in [-0.39, 0.29) is 29.5 Å². The molecule has 2 fully saturated rings. The number of ether oxygens (including phenoxy) is 1. The molecule has 4 atom stereocenters. The monoisotopic (exact) mass is 557 g/mol. The molecule has 1 aromatic heterocycles. The lowest BCUT2D eigenvalue weighted by Crippen LogP contribution is -2.55. The molecule has 3 aromatic rings. The van der Waals surface area contributed by atoms with Gasteiger partial charge in [-0.1, -0.05) is 12.1 Å². The van der Waals surface area contributed by atoms with E-state index in [2.05, 4.69) is 15.6 Å². The SMILES string of the molecule is CC12CC(C(=O)NCc3nc4ccccc4s3)C(CCC1OCc1cc(C(F)(F)F)cc(C(F)(F)F)c1)N2. The molecule has 2 saturated heterocycles. The molecule has 12 heteroatoms. The van der Waals surface area contributed by atoms with Crippen LogP contribution < -0.4 is 10.6 Å². The largest absolute Gasteiger partial charge is 0.416 e. The quantitative estimate of drug-likeness (QED) is 0.362. The minimum absolute atomic E-state index is 0.0967. The first-order valence-corrected chi connectivity index (χ1v) is 12.9. The van der Waals surface area contributed by atoms with Crippen molar-refractivity contribution >= 4 is 27.5 Å². The van der Waals surface area contributed by atoms with E-state index < -0.39 is 41.7 Å². The minimum Gasteiger partial charge on any atom is -0.372 e. The van der Waals surface area contributed by atoms with Gasteiger partial charge in [-0.3, -0.25) is 4.79 Å². The van der Waals surface area contributed by atoms with Gasteiger partial charge in [-0.15, -0.1) is 11.3 Å². The summed E-state index contributed by atoms with van der Waals surface area (Å²) in [6.45, 7) is 1.77. The fourth-order valence-electron chi connectivity index (χ4n) is 5.46. The second-order valence-electron chi connectivity index (χ2n) is 10.1. The Balaban J connectivity index is 1.23. The third kappa shape index (κ3) is 5.52. The number of hydrogen-bond acceptors (Lipinski definition) is 5. The van der Waals surface area contributed by atoms with Crippen molar-refractivity contribution in [2.45, 2.75) is 69.4 Å². The summed E-state index contributed by atoms with van der Waals surface area (Å²) < 4.78 is 86.1. The Kier molecular flexibility index (Phi) is 6.93. The lowest BCUT2D eigenvalue weighted by atomic mass is 9.88. The number of nitrogens with one attached hydrogen (secondary N) is 2. The maximum absolute atomic E-state index is 13.2. The lowest BCUT2D eigenvalue weighted by molar-refractivity contribution is -0.143. The van der Waals surface area contributed by atoms with E-state index in [1.807, 2.05) is 31.2 Å². The summed E-state index contributed by atoms with van der Waals surface area (Å²) in [5.41, 5.74) is -2.72. The number of para-hydroxylation sites is 1. The summed E-state index contributed by atoms with van der Waals surface area (Å²) in [4.78, 5) is 17.6. The highest BCUT2D eigenvalue weighted by atomic mass is 32.1. The van der Waals surface area contributed by atoms with Crippen LogP contribution in [0.5, 0.6) is 0 Å². The second kappa shape index (κ2) is 9.80. The molecule has 2 N–H and O–H groups in total. The number of nitrogens with zero attached hydrogens (tertiary/aromatic N) is 1. The van der Waals surface area contributed by atoms with E-state index in [0.29, 0.717) is 37.9 Å². The van der Waals surface area contributed by atoms with Gasteiger partial charge in [0.25, 0.3) is 0 Å². The number of hydrogen-bond donors (Lipinski definition) is 2. The van der Waals surface area contributed by atoms with Crippen LogP contribution in [-0.4, -0.2) is 28.6 Å². The summed E-state index contributed by atoms with van der Waals surface area (Å²) in [6.07, 6.45) is -8.76. The molecule has 3 heterocycles. The van der Waals surface area contributed by atoms with Gasteiger partial charge in [0.1, 0.15) is 5.01 Å². The summed E-state index contributed by atoms with van der Waals surface area (Å²) in [5.74, 6) is -0.466. The van der Waals surface area contributed by atoms with E-state index in [1.165, 1.54) is 11.3 Å². The molecule has 5 rings (SSSR count). The minimum atomic E-state index is -4.92. The van der Waals surface area contributed by atoms with Crippen LogP contribution in [0, 0.1) is 5.92 Å². The van der Waals surface area contributed by atoms with Crippen molar-refractivity contribution in [3.05, 3.63) is 64.2 Å². The van der Waals surface area contributed by atoms with Gasteiger partial charge in [-0.25, -0.2) is 4.98 Å². The number of aromatic nitrogens is 1. The number of halogens is 6. The van der Waals surface area contributed by atoms with Crippen LogP contribution in [-0.2, 0) is 35.0 Å². The van der Waals surface area contributed by atoms with Gasteiger partial charge in [-0.05, 0) is 62.1 Å². The number of benzene rings is 2. The summed E-state index contributed by atoms with van der Waals surface area (Å²) in [7, 11) is 0. The number of carbonyl (C=O) groups excluding carboxylic acids is 1. The summed E-state index contributed by atoms with van der Waals surface area (Å²) in [6, 6.07) is 9.07. The lowest BCUT2D eigenvalue weighted by Gasteiger charge is -2.39. The topological polar surface area (TPSA) is 63.2 Å². The molecule has 4 unspecified atom stereocenters. The van der Waals surface area contributed by atoms with Crippen LogP contribution in [0.3, 0.4) is 0 Å². The van der Waals surface area contributed by atoms with Gasteiger partial charge in [0.15, 0.2) is 0 Å². The van der Waals surface area contributed by atoms with Crippen LogP contribution >= 0.6 is 11.3 Å². The third-order valence-electron chi connectivity index (χ3n) is 7.28. The van der Waals surface area contributed by atoms with E-state index in [1.54, 1.807) is 0 Å². The summed E-state index contributed by atoms with van der Waals surface area (Å²) in [5, 5.41) is 7.17. The van der Waals surface area contributed by atoms with Crippen LogP contribution in [0.1, 0.15) is 47.9 Å². The summed E-state index contributed by atoms with van der Waals surface area (Å²) >= 11 is 1.51. The number of thiazole rings is 1. The van der Waals surface area contributed by atoms with Crippen molar-refractivity contribution in [3.8, 4) is 0 Å². The molecule has 0 aliphatic carbocycles. The molecule has 38 heavy (non-hydrogen) atoms. The number of alkyl halides is 6. The zero-order valence-corrected chi connectivity index (χ0v) is 21.1. The fourth-order valence-corrected chi connectivity index (χ4v) is 6.37. The van der Waals surface area contributed by atoms with Gasteiger partial charge in [-0.2, -0.15) is 26.3 Å². The fraction of sp³-hybridized carbons (Fsp3) is 0.462. The molecule has 0 saturated carbocycles. The van der Waals surface area contributed by atoms with Crippen molar-refractivity contribution in [2.75, 3.05) is 0 Å². The number of rotatable bonds is 6. The first-order chi connectivity index (χ1) is 17.8. The van der Waals surface area contributed by atoms with Gasteiger partial charge >= 0.3 is 12.4 Å². The Labute approximate surface area is 218 Å². The number of piperidine rings is 1. The van der Waals surface area contributed by atoms with Crippen molar-refractivity contribution in [1.82, 2.24) is 15.6 Å². The zero-order valence-electron chi connectivity index (χ0n) is 20.2. The first kappa shape index (κ1) is 26.9. The molecule has 1 amide bonds. The molecule has 2 aliphatic rings. The van der Waals surface area contributed by atoms with Crippen LogP contribution in [0.25, 0.3) is 10.2 Å². The van der Waals surface area contributed by atoms with E-state index in [4.69, 9.17) is 4.74 Å². The highest BCUT2D eigenvalue weighted by Gasteiger charge is 2.52. The Morgan fingerprint density at radius 3 is 2.45 bits per heavy atom. The maximum Gasteiger partial charge on any atom is 0.416 e. The second-order valence-corrected chi connectivity index (χ2v) is 11.2. The first-order valence-electron chi connectivity index (χ1n) is 12.1. The highest BCUT2D eigenvalue weighted by molar-refractivity contribution is 7.18. The average molecular weight is 558 g/mol. The molecular weight excluding hydrogens is 532 g/mol. The zero-order chi connectivity index (χ0) is 27.3. The molecular formula is C26H25F6N3O2S. The Morgan fingerprint density at radius 2 is 1.79 bits per heavy atom. The molecule has 5 nitrogen and oxygen atoms in total. The maximum atomic E-state index is 13.2. The molecule has 2 aromatic carbocycles. The molecule has 2 aliphatic heterocycles. The van der Waals surface area contributed by atoms with Gasteiger partial charge in [0.05, 0.1) is 46.5 Å². The van der Waals surface area contributed by atoms with E-state index in [0.717, 1.165) is 15.2 Å². The number of fused-ring (bicyclic) bond motifs is 3. The predicted molar refractivity (Wildman–Crippen MR) is 129 cm³/mol. The highest BCUT2D eigenvalue weighted by Crippen LogP contribution is 2.42. The molecule has 2 bridgehead atoms. The van der Waals surface area contributed by atoms with Gasteiger partial charge in [0.2, 0.25) is 5.91 Å². The van der Waals surface area contributed by atoms with Crippen molar-refractivity contribution in [2.24, 2.45) is 5.92 Å². The van der Waals surface area contributed by atoms with Gasteiger partial charge < -0.3 is 15.4 Å². The smallest absolute Gasteiger partial charge is 0.372 e. The van der Waals surface area contributed by atoms with E-state index >= 15 is 0 Å². The van der Waals surface area contributed by atoms with Crippen LogP contribution in [0.15, 0.2) is 42.5 Å². The molecule has 204 valence electrons. The normalized spacial score (nSPS) is 25.6. The molecule has 0 spiro atoms. The number of carbonyl (C=O) groups is 1. The standard InChI is InChI=1S/C26H25F6N3O2S/c1-24-11-17(23(36)33-12-22-34-19-4-2-3-5-20(19)38-22)18(35-24)6-7-21(24)37-13-14-8-15(25(27,28)29)10-16(9-14)26(30,31)32/h2-5,8-10,17-18,21,35H,6-7,11-13H2,1H3,(H,33,36). The van der Waals surface area contributed by atoms with E-state index in [9.17, 15) is 31.1 Å². The van der Waals surface area contributed by atoms with Gasteiger partial charge in [0, 0.05) is 11.6 Å². The third-order valence-corrected chi connectivity index (χ3v) is 8.32. The number of amides is 1. The molecule has 0 radical (unpaired) electrons. The average Bonchev–Trinajstić information content (AvgIpc) is 3.39. The van der Waals surface area contributed by atoms with Crippen molar-refractivity contribution in [3.63, 3.8) is 0 Å². The van der Waals surface area contributed by atoms with Crippen molar-refractivity contribution in [1.29, 1.82) is 0 Å². The Bertz CT molecular complexity index is 1280. The van der Waals surface area contributed by atoms with Crippen molar-refractivity contribution < 1.29 is 35.9 Å². The Morgan fingerprint density at radius 1 is 1.11 bits per heavy atom. The Hall–Kier alpha value is -2.70.